The Morgan fingerprint density at radius 3 is 2.67 bits per heavy atom. The largest absolute Gasteiger partial charge is 0.496 e. The number of aryl methyl sites for hydroxylation is 3. The van der Waals surface area contributed by atoms with Crippen LogP contribution in [0.15, 0.2) is 18.5 Å². The van der Waals surface area contributed by atoms with Crippen LogP contribution >= 0.6 is 0 Å². The van der Waals surface area contributed by atoms with Crippen LogP contribution in [0.25, 0.3) is 11.3 Å². The Morgan fingerprint density at radius 2 is 2.06 bits per heavy atom. The zero-order valence-electron chi connectivity index (χ0n) is 11.0. The summed E-state index contributed by atoms with van der Waals surface area (Å²) in [5.41, 5.74) is 4.34. The van der Waals surface area contributed by atoms with Gasteiger partial charge in [-0.15, -0.1) is 0 Å². The Hall–Kier alpha value is -2.10. The van der Waals surface area contributed by atoms with Gasteiger partial charge in [0.25, 0.3) is 0 Å². The van der Waals surface area contributed by atoms with Gasteiger partial charge in [0, 0.05) is 12.6 Å². The van der Waals surface area contributed by atoms with Crippen molar-refractivity contribution in [2.24, 2.45) is 7.05 Å². The van der Waals surface area contributed by atoms with Crippen molar-refractivity contribution in [3.05, 3.63) is 35.3 Å². The summed E-state index contributed by atoms with van der Waals surface area (Å²) < 4.78 is 7.27. The molecule has 0 aliphatic rings. The molecule has 2 rings (SSSR count). The van der Waals surface area contributed by atoms with Gasteiger partial charge in [0.05, 0.1) is 19.1 Å². The van der Waals surface area contributed by atoms with E-state index >= 15 is 0 Å². The normalized spacial score (nSPS) is 10.4. The van der Waals surface area contributed by atoms with Crippen LogP contribution in [0.2, 0.25) is 0 Å². The van der Waals surface area contributed by atoms with E-state index in [0.717, 1.165) is 34.4 Å². The molecule has 0 spiro atoms. The van der Waals surface area contributed by atoms with Crippen LogP contribution in [-0.4, -0.2) is 22.9 Å². The van der Waals surface area contributed by atoms with E-state index in [1.807, 2.05) is 31.5 Å². The molecule has 1 aromatic carbocycles. The summed E-state index contributed by atoms with van der Waals surface area (Å²) in [6.07, 6.45) is 2.41. The molecule has 0 aliphatic heterocycles. The molecule has 4 nitrogen and oxygen atoms in total. The maximum absolute atomic E-state index is 11.1. The van der Waals surface area contributed by atoms with Gasteiger partial charge in [-0.1, -0.05) is 6.07 Å². The van der Waals surface area contributed by atoms with Crippen LogP contribution in [0, 0.1) is 13.8 Å². The minimum atomic E-state index is 0.433. The first-order valence-electron chi connectivity index (χ1n) is 5.70. The van der Waals surface area contributed by atoms with Gasteiger partial charge in [0.1, 0.15) is 11.4 Å². The summed E-state index contributed by atoms with van der Waals surface area (Å²) in [6.45, 7) is 4.02. The topological polar surface area (TPSA) is 44.1 Å². The molecule has 0 bridgehead atoms. The van der Waals surface area contributed by atoms with Crippen LogP contribution in [0.4, 0.5) is 0 Å². The fraction of sp³-hybridized carbons (Fsp3) is 0.286. The van der Waals surface area contributed by atoms with Crippen molar-refractivity contribution in [1.29, 1.82) is 0 Å². The van der Waals surface area contributed by atoms with Crippen LogP contribution in [-0.2, 0) is 7.05 Å². The predicted molar refractivity (Wildman–Crippen MR) is 70.1 cm³/mol. The van der Waals surface area contributed by atoms with Gasteiger partial charge in [-0.3, -0.25) is 4.79 Å². The lowest BCUT2D eigenvalue weighted by Crippen LogP contribution is -1.99. The Balaban J connectivity index is 2.77. The van der Waals surface area contributed by atoms with Gasteiger partial charge in [0.2, 0.25) is 0 Å². The quantitative estimate of drug-likeness (QED) is 0.779. The molecule has 94 valence electrons. The molecule has 18 heavy (non-hydrogen) atoms. The number of ether oxygens (including phenoxy) is 1. The first kappa shape index (κ1) is 12.4. The predicted octanol–water partition coefficient (Wildman–Crippen LogP) is 2.53. The fourth-order valence-electron chi connectivity index (χ4n) is 2.23. The van der Waals surface area contributed by atoms with Crippen molar-refractivity contribution in [3.8, 4) is 17.0 Å². The van der Waals surface area contributed by atoms with E-state index in [0.29, 0.717) is 5.69 Å². The van der Waals surface area contributed by atoms with Gasteiger partial charge in [0.15, 0.2) is 6.29 Å². The Labute approximate surface area is 106 Å². The average molecular weight is 244 g/mol. The zero-order chi connectivity index (χ0) is 13.3. The van der Waals surface area contributed by atoms with E-state index in [9.17, 15) is 4.79 Å². The Kier molecular flexibility index (Phi) is 3.19. The van der Waals surface area contributed by atoms with Gasteiger partial charge >= 0.3 is 0 Å². The molecular weight excluding hydrogens is 228 g/mol. The number of benzene rings is 1. The molecular formula is C14H16N2O2. The van der Waals surface area contributed by atoms with Crippen LogP contribution < -0.4 is 4.74 Å². The lowest BCUT2D eigenvalue weighted by Gasteiger charge is -2.14. The van der Waals surface area contributed by atoms with Gasteiger partial charge in [-0.25, -0.2) is 4.98 Å². The second kappa shape index (κ2) is 4.64. The molecule has 0 amide bonds. The number of hydrogen-bond acceptors (Lipinski definition) is 3. The highest BCUT2D eigenvalue weighted by molar-refractivity contribution is 5.87. The lowest BCUT2D eigenvalue weighted by molar-refractivity contribution is 0.112. The molecule has 0 atom stereocenters. The van der Waals surface area contributed by atoms with E-state index in [4.69, 9.17) is 4.74 Å². The maximum atomic E-state index is 11.1. The highest BCUT2D eigenvalue weighted by Gasteiger charge is 2.17. The van der Waals surface area contributed by atoms with Crippen LogP contribution in [0.1, 0.15) is 21.6 Å². The maximum Gasteiger partial charge on any atom is 0.170 e. The summed E-state index contributed by atoms with van der Waals surface area (Å²) in [5, 5.41) is 0. The second-order valence-electron chi connectivity index (χ2n) is 4.37. The van der Waals surface area contributed by atoms with E-state index < -0.39 is 0 Å². The van der Waals surface area contributed by atoms with E-state index in [1.54, 1.807) is 13.4 Å². The number of carbonyl (C=O) groups is 1. The summed E-state index contributed by atoms with van der Waals surface area (Å²) >= 11 is 0. The molecule has 0 saturated heterocycles. The molecule has 1 aromatic heterocycles. The molecule has 2 aromatic rings. The van der Waals surface area contributed by atoms with Gasteiger partial charge in [-0.05, 0) is 31.0 Å². The number of carbonyl (C=O) groups excluding carboxylic acids is 1. The Morgan fingerprint density at radius 1 is 1.33 bits per heavy atom. The SMILES string of the molecule is COc1cc(C)cc(C)c1-c1c(C=O)ncn1C. The molecule has 0 N–H and O–H groups in total. The number of hydrogen-bond donors (Lipinski definition) is 0. The van der Waals surface area contributed by atoms with Crippen molar-refractivity contribution in [3.63, 3.8) is 0 Å². The molecule has 4 heteroatoms. The monoisotopic (exact) mass is 244 g/mol. The Bertz CT molecular complexity index is 600. The average Bonchev–Trinajstić information content (AvgIpc) is 2.69. The summed E-state index contributed by atoms with van der Waals surface area (Å²) in [5.74, 6) is 0.763. The summed E-state index contributed by atoms with van der Waals surface area (Å²) in [7, 11) is 3.50. The van der Waals surface area contributed by atoms with Gasteiger partial charge in [-0.2, -0.15) is 0 Å². The summed E-state index contributed by atoms with van der Waals surface area (Å²) in [4.78, 5) is 15.2. The smallest absolute Gasteiger partial charge is 0.170 e. The van der Waals surface area contributed by atoms with Crippen molar-refractivity contribution in [1.82, 2.24) is 9.55 Å². The zero-order valence-corrected chi connectivity index (χ0v) is 11.0. The van der Waals surface area contributed by atoms with Gasteiger partial charge < -0.3 is 9.30 Å². The summed E-state index contributed by atoms with van der Waals surface area (Å²) in [6, 6.07) is 4.03. The molecule has 0 saturated carbocycles. The number of imidazole rings is 1. The van der Waals surface area contributed by atoms with Crippen LogP contribution in [0.5, 0.6) is 5.75 Å². The molecule has 0 radical (unpaired) electrons. The minimum Gasteiger partial charge on any atom is -0.496 e. The number of nitrogens with zero attached hydrogens (tertiary/aromatic N) is 2. The van der Waals surface area contributed by atoms with E-state index in [-0.39, 0.29) is 0 Å². The van der Waals surface area contributed by atoms with Crippen molar-refractivity contribution in [2.45, 2.75) is 13.8 Å². The van der Waals surface area contributed by atoms with Crippen molar-refractivity contribution < 1.29 is 9.53 Å². The standard InChI is InChI=1S/C14H16N2O2/c1-9-5-10(2)13(12(6-9)18-4)14-11(7-17)15-8-16(14)3/h5-8H,1-4H3. The first-order chi connectivity index (χ1) is 8.58. The van der Waals surface area contributed by atoms with Crippen LogP contribution in [0.3, 0.4) is 0 Å². The fourth-order valence-corrected chi connectivity index (χ4v) is 2.23. The second-order valence-corrected chi connectivity index (χ2v) is 4.37. The molecule has 1 heterocycles. The third-order valence-corrected chi connectivity index (χ3v) is 2.98. The minimum absolute atomic E-state index is 0.433. The first-order valence-corrected chi connectivity index (χ1v) is 5.70. The highest BCUT2D eigenvalue weighted by Crippen LogP contribution is 2.35. The third-order valence-electron chi connectivity index (χ3n) is 2.98. The number of aldehydes is 1. The third kappa shape index (κ3) is 1.90. The number of aromatic nitrogens is 2. The molecule has 0 aliphatic carbocycles. The van der Waals surface area contributed by atoms with E-state index in [2.05, 4.69) is 11.1 Å². The lowest BCUT2D eigenvalue weighted by atomic mass is 10.0. The molecule has 0 fully saturated rings. The van der Waals surface area contributed by atoms with Crippen molar-refractivity contribution in [2.75, 3.05) is 7.11 Å². The molecule has 0 unspecified atom stereocenters. The van der Waals surface area contributed by atoms with E-state index in [1.165, 1.54) is 0 Å². The number of rotatable bonds is 3. The number of methoxy groups -OCH3 is 1. The highest BCUT2D eigenvalue weighted by atomic mass is 16.5. The van der Waals surface area contributed by atoms with Crippen molar-refractivity contribution >= 4 is 6.29 Å².